The Morgan fingerprint density at radius 3 is 2.24 bits per heavy atom. The van der Waals surface area contributed by atoms with Gasteiger partial charge in [-0.1, -0.05) is 18.2 Å². The van der Waals surface area contributed by atoms with E-state index in [1.807, 2.05) is 0 Å². The van der Waals surface area contributed by atoms with Crippen LogP contribution in [0, 0.1) is 37.4 Å². The van der Waals surface area contributed by atoms with Gasteiger partial charge in [0.05, 0.1) is 29.1 Å². The van der Waals surface area contributed by atoms with Crippen LogP contribution in [0.3, 0.4) is 0 Å². The van der Waals surface area contributed by atoms with E-state index in [1.54, 1.807) is 13.8 Å². The summed E-state index contributed by atoms with van der Waals surface area (Å²) in [5, 5.41) is 14.9. The van der Waals surface area contributed by atoms with Gasteiger partial charge in [-0.15, -0.1) is 0 Å². The highest BCUT2D eigenvalue weighted by atomic mass is 32.2. The molecule has 0 aliphatic heterocycles. The molecule has 2 aliphatic rings. The zero-order valence-electron chi connectivity index (χ0n) is 24.9. The second kappa shape index (κ2) is 12.0. The number of benzene rings is 3. The number of aromatic carboxylic acids is 1. The summed E-state index contributed by atoms with van der Waals surface area (Å²) < 4.78 is 83.6. The van der Waals surface area contributed by atoms with Crippen molar-refractivity contribution in [3.05, 3.63) is 76.6 Å². The maximum Gasteiger partial charge on any atom is 0.501 e. The van der Waals surface area contributed by atoms with Crippen molar-refractivity contribution in [3.8, 4) is 16.9 Å². The first-order valence-electron chi connectivity index (χ1n) is 14.3. The van der Waals surface area contributed by atoms with Crippen molar-refractivity contribution in [2.24, 2.45) is 17.8 Å². The summed E-state index contributed by atoms with van der Waals surface area (Å²) in [6, 6.07) is 8.57. The lowest BCUT2D eigenvalue weighted by atomic mass is 9.83. The second-order valence-corrected chi connectivity index (χ2v) is 13.6. The van der Waals surface area contributed by atoms with Crippen LogP contribution in [0.2, 0.25) is 0 Å². The molecular formula is C32H30F4N2O7S. The Hall–Kier alpha value is -4.46. The van der Waals surface area contributed by atoms with Gasteiger partial charge in [0.2, 0.25) is 5.91 Å². The number of carbonyl (C=O) groups is 3. The predicted molar refractivity (Wildman–Crippen MR) is 159 cm³/mol. The molecule has 46 heavy (non-hydrogen) atoms. The number of halogens is 4. The van der Waals surface area contributed by atoms with E-state index < -0.39 is 55.8 Å². The number of aryl methyl sites for hydroxylation is 2. The quantitative estimate of drug-likeness (QED) is 0.256. The number of nitrogens with one attached hydrogen (secondary N) is 2. The standard InChI is InChI=1S/C32H30F4N2O7S/c1-15-9-19(10-16(2)26(15)31(41)42)22-13-23(25(45-3)14-24(22)33)29(39)38-28-18-8-7-17(11-18)27(28)30(40)37-20-5-4-6-21(12-20)46(43,44)32(34,35)36/h4-6,9-10,12-14,17-18,27-28H,7-8,11H2,1-3H3,(H,37,40)(H,38,39)(H,41,42). The van der Waals surface area contributed by atoms with Gasteiger partial charge in [0, 0.05) is 23.4 Å². The van der Waals surface area contributed by atoms with Crippen LogP contribution in [-0.2, 0) is 14.6 Å². The molecule has 3 aromatic rings. The molecular weight excluding hydrogens is 632 g/mol. The minimum Gasteiger partial charge on any atom is -0.496 e. The third-order valence-electron chi connectivity index (χ3n) is 8.82. The van der Waals surface area contributed by atoms with Crippen molar-refractivity contribution in [1.29, 1.82) is 0 Å². The van der Waals surface area contributed by atoms with Crippen LogP contribution in [0.15, 0.2) is 53.4 Å². The van der Waals surface area contributed by atoms with E-state index in [4.69, 9.17) is 4.74 Å². The smallest absolute Gasteiger partial charge is 0.496 e. The molecule has 2 bridgehead atoms. The molecule has 0 saturated heterocycles. The highest BCUT2D eigenvalue weighted by Gasteiger charge is 2.52. The molecule has 2 amide bonds. The number of carboxylic acid groups (broad SMARTS) is 1. The minimum absolute atomic E-state index is 0.0245. The van der Waals surface area contributed by atoms with Gasteiger partial charge in [-0.25, -0.2) is 17.6 Å². The molecule has 2 fully saturated rings. The molecule has 0 heterocycles. The average Bonchev–Trinajstić information content (AvgIpc) is 3.58. The molecule has 2 saturated carbocycles. The molecule has 244 valence electrons. The average molecular weight is 663 g/mol. The summed E-state index contributed by atoms with van der Waals surface area (Å²) in [6.07, 6.45) is 2.03. The molecule has 2 aliphatic carbocycles. The Labute approximate surface area is 261 Å². The fraction of sp³-hybridized carbons (Fsp3) is 0.344. The van der Waals surface area contributed by atoms with E-state index in [9.17, 15) is 41.1 Å². The number of sulfone groups is 1. The predicted octanol–water partition coefficient (Wildman–Crippen LogP) is 5.89. The van der Waals surface area contributed by atoms with E-state index in [1.165, 1.54) is 31.4 Å². The largest absolute Gasteiger partial charge is 0.501 e. The van der Waals surface area contributed by atoms with Gasteiger partial charge in [-0.3, -0.25) is 9.59 Å². The summed E-state index contributed by atoms with van der Waals surface area (Å²) in [7, 11) is -4.37. The first-order valence-corrected chi connectivity index (χ1v) is 15.8. The van der Waals surface area contributed by atoms with Crippen molar-refractivity contribution in [2.45, 2.75) is 49.6 Å². The van der Waals surface area contributed by atoms with Gasteiger partial charge in [0.1, 0.15) is 11.6 Å². The van der Waals surface area contributed by atoms with Crippen LogP contribution >= 0.6 is 0 Å². The van der Waals surface area contributed by atoms with Crippen LogP contribution in [0.4, 0.5) is 23.2 Å². The number of alkyl halides is 3. The summed E-state index contributed by atoms with van der Waals surface area (Å²) in [5.41, 5.74) is -4.41. The molecule has 0 aromatic heterocycles. The summed E-state index contributed by atoms with van der Waals surface area (Å²) >= 11 is 0. The number of rotatable bonds is 8. The third-order valence-corrected chi connectivity index (χ3v) is 10.3. The van der Waals surface area contributed by atoms with Gasteiger partial charge < -0.3 is 20.5 Å². The van der Waals surface area contributed by atoms with E-state index in [-0.39, 0.29) is 40.0 Å². The first kappa shape index (κ1) is 32.9. The van der Waals surface area contributed by atoms with E-state index in [0.717, 1.165) is 30.7 Å². The summed E-state index contributed by atoms with van der Waals surface area (Å²) in [5.74, 6) is -4.13. The Bertz CT molecular complexity index is 1840. The number of carbonyl (C=O) groups excluding carboxylic acids is 2. The number of fused-ring (bicyclic) bond motifs is 2. The van der Waals surface area contributed by atoms with Crippen LogP contribution in [0.5, 0.6) is 5.75 Å². The fourth-order valence-electron chi connectivity index (χ4n) is 6.78. The van der Waals surface area contributed by atoms with Crippen molar-refractivity contribution in [1.82, 2.24) is 5.32 Å². The Morgan fingerprint density at radius 2 is 1.63 bits per heavy atom. The fourth-order valence-corrected chi connectivity index (χ4v) is 7.59. The Morgan fingerprint density at radius 1 is 0.978 bits per heavy atom. The Balaban J connectivity index is 1.42. The number of ether oxygens (including phenoxy) is 1. The second-order valence-electron chi connectivity index (χ2n) is 11.6. The molecule has 3 aromatic carbocycles. The highest BCUT2D eigenvalue weighted by Crippen LogP contribution is 2.49. The molecule has 5 rings (SSSR count). The molecule has 14 heteroatoms. The highest BCUT2D eigenvalue weighted by molar-refractivity contribution is 7.92. The SMILES string of the molecule is COc1cc(F)c(-c2cc(C)c(C(=O)O)c(C)c2)cc1C(=O)NC1C2CCC(C2)C1C(=O)Nc1cccc(S(=O)(=O)C(F)(F)F)c1. The topological polar surface area (TPSA) is 139 Å². The maximum absolute atomic E-state index is 15.3. The molecule has 4 unspecified atom stereocenters. The minimum atomic E-state index is -5.64. The van der Waals surface area contributed by atoms with Crippen molar-refractivity contribution in [2.75, 3.05) is 12.4 Å². The molecule has 4 atom stereocenters. The summed E-state index contributed by atoms with van der Waals surface area (Å²) in [4.78, 5) is 37.8. The van der Waals surface area contributed by atoms with Crippen molar-refractivity contribution >= 4 is 33.3 Å². The number of methoxy groups -OCH3 is 1. The molecule has 3 N–H and O–H groups in total. The van der Waals surface area contributed by atoms with Crippen molar-refractivity contribution in [3.63, 3.8) is 0 Å². The van der Waals surface area contributed by atoms with E-state index in [2.05, 4.69) is 10.6 Å². The normalized spacial score (nSPS) is 20.8. The van der Waals surface area contributed by atoms with Gasteiger partial charge in [0.15, 0.2) is 0 Å². The lowest BCUT2D eigenvalue weighted by Gasteiger charge is -2.31. The van der Waals surface area contributed by atoms with Crippen LogP contribution in [-0.4, -0.2) is 50.0 Å². The third kappa shape index (κ3) is 5.93. The molecule has 0 spiro atoms. The lowest BCUT2D eigenvalue weighted by Crippen LogP contribution is -2.48. The van der Waals surface area contributed by atoms with E-state index >= 15 is 4.39 Å². The van der Waals surface area contributed by atoms with Gasteiger partial charge in [-0.2, -0.15) is 13.2 Å². The van der Waals surface area contributed by atoms with Crippen molar-refractivity contribution < 1.29 is 50.2 Å². The van der Waals surface area contributed by atoms with Gasteiger partial charge in [0.25, 0.3) is 15.7 Å². The number of anilines is 1. The number of hydrogen-bond donors (Lipinski definition) is 3. The maximum atomic E-state index is 15.3. The lowest BCUT2D eigenvalue weighted by molar-refractivity contribution is -0.122. The van der Waals surface area contributed by atoms with Crippen LogP contribution < -0.4 is 15.4 Å². The monoisotopic (exact) mass is 662 g/mol. The van der Waals surface area contributed by atoms with Gasteiger partial charge in [-0.05, 0) is 85.9 Å². The number of hydrogen-bond acceptors (Lipinski definition) is 6. The van der Waals surface area contributed by atoms with Gasteiger partial charge >= 0.3 is 11.5 Å². The Kier molecular flexibility index (Phi) is 8.62. The number of amides is 2. The molecule has 9 nitrogen and oxygen atoms in total. The first-order chi connectivity index (χ1) is 21.5. The van der Waals surface area contributed by atoms with Crippen LogP contribution in [0.1, 0.15) is 51.1 Å². The zero-order valence-corrected chi connectivity index (χ0v) is 25.7. The summed E-state index contributed by atoms with van der Waals surface area (Å²) in [6.45, 7) is 3.17. The van der Waals surface area contributed by atoms with E-state index in [0.29, 0.717) is 29.5 Å². The number of carboxylic acids is 1. The van der Waals surface area contributed by atoms with Crippen LogP contribution in [0.25, 0.3) is 11.1 Å². The zero-order chi connectivity index (χ0) is 33.7. The molecule has 0 radical (unpaired) electrons.